The van der Waals surface area contributed by atoms with Crippen molar-refractivity contribution in [2.75, 3.05) is 11.1 Å². The third kappa shape index (κ3) is 2.47. The van der Waals surface area contributed by atoms with Gasteiger partial charge in [0, 0.05) is 5.56 Å². The lowest BCUT2D eigenvalue weighted by molar-refractivity contribution is 0.102. The number of nitrogen functional groups attached to an aromatic ring is 1. The van der Waals surface area contributed by atoms with E-state index in [-0.39, 0.29) is 5.91 Å². The van der Waals surface area contributed by atoms with Gasteiger partial charge in [-0.25, -0.2) is 0 Å². The molecule has 0 radical (unpaired) electrons. The number of benzene rings is 2. The molecule has 0 atom stereocenters. The van der Waals surface area contributed by atoms with Crippen molar-refractivity contribution in [3.05, 3.63) is 59.7 Å². The molecule has 0 aromatic heterocycles. The van der Waals surface area contributed by atoms with Crippen LogP contribution in [0, 0.1) is 11.3 Å². The first-order chi connectivity index (χ1) is 8.70. The van der Waals surface area contributed by atoms with Crippen LogP contribution in [0.5, 0.6) is 0 Å². The molecule has 0 saturated heterocycles. The second kappa shape index (κ2) is 5.02. The number of rotatable bonds is 2. The maximum Gasteiger partial charge on any atom is 0.255 e. The SMILES string of the molecule is N#Cc1ccc(NC(=O)c2ccccc2)c(N)c1. The molecule has 0 bridgehead atoms. The molecule has 0 saturated carbocycles. The van der Waals surface area contributed by atoms with Gasteiger partial charge in [-0.3, -0.25) is 4.79 Å². The van der Waals surface area contributed by atoms with Crippen LogP contribution in [0.15, 0.2) is 48.5 Å². The van der Waals surface area contributed by atoms with Gasteiger partial charge in [0.15, 0.2) is 0 Å². The maximum absolute atomic E-state index is 11.9. The number of amides is 1. The zero-order valence-corrected chi connectivity index (χ0v) is 9.55. The Labute approximate surface area is 105 Å². The molecule has 18 heavy (non-hydrogen) atoms. The van der Waals surface area contributed by atoms with Crippen LogP contribution < -0.4 is 11.1 Å². The summed E-state index contributed by atoms with van der Waals surface area (Å²) >= 11 is 0. The van der Waals surface area contributed by atoms with E-state index < -0.39 is 0 Å². The van der Waals surface area contributed by atoms with E-state index in [0.29, 0.717) is 22.5 Å². The van der Waals surface area contributed by atoms with Gasteiger partial charge < -0.3 is 11.1 Å². The molecule has 88 valence electrons. The summed E-state index contributed by atoms with van der Waals surface area (Å²) in [4.78, 5) is 11.9. The molecule has 0 fully saturated rings. The second-order valence-electron chi connectivity index (χ2n) is 3.73. The topological polar surface area (TPSA) is 78.9 Å². The van der Waals surface area contributed by atoms with E-state index in [4.69, 9.17) is 11.0 Å². The quantitative estimate of drug-likeness (QED) is 0.787. The van der Waals surface area contributed by atoms with Crippen molar-refractivity contribution in [2.24, 2.45) is 0 Å². The van der Waals surface area contributed by atoms with Gasteiger partial charge in [-0.1, -0.05) is 18.2 Å². The fourth-order valence-electron chi connectivity index (χ4n) is 1.53. The van der Waals surface area contributed by atoms with Crippen LogP contribution in [0.4, 0.5) is 11.4 Å². The van der Waals surface area contributed by atoms with Crippen LogP contribution in [-0.2, 0) is 0 Å². The fraction of sp³-hybridized carbons (Fsp3) is 0. The second-order valence-corrected chi connectivity index (χ2v) is 3.73. The average Bonchev–Trinajstić information content (AvgIpc) is 2.42. The van der Waals surface area contributed by atoms with Crippen molar-refractivity contribution in [1.29, 1.82) is 5.26 Å². The van der Waals surface area contributed by atoms with E-state index in [2.05, 4.69) is 5.32 Å². The van der Waals surface area contributed by atoms with Gasteiger partial charge in [-0.05, 0) is 30.3 Å². The van der Waals surface area contributed by atoms with Crippen molar-refractivity contribution in [3.8, 4) is 6.07 Å². The fourth-order valence-corrected chi connectivity index (χ4v) is 1.53. The highest BCUT2D eigenvalue weighted by atomic mass is 16.1. The first-order valence-electron chi connectivity index (χ1n) is 5.37. The van der Waals surface area contributed by atoms with Gasteiger partial charge in [0.05, 0.1) is 23.0 Å². The molecular formula is C14H11N3O. The molecule has 2 aromatic carbocycles. The van der Waals surface area contributed by atoms with Crippen LogP contribution in [0.25, 0.3) is 0 Å². The first-order valence-corrected chi connectivity index (χ1v) is 5.37. The summed E-state index contributed by atoms with van der Waals surface area (Å²) in [6.07, 6.45) is 0. The van der Waals surface area contributed by atoms with Gasteiger partial charge in [-0.2, -0.15) is 5.26 Å². The van der Waals surface area contributed by atoms with Crippen LogP contribution >= 0.6 is 0 Å². The van der Waals surface area contributed by atoms with Crippen LogP contribution in [0.2, 0.25) is 0 Å². The Morgan fingerprint density at radius 1 is 1.17 bits per heavy atom. The summed E-state index contributed by atoms with van der Waals surface area (Å²) in [6.45, 7) is 0. The largest absolute Gasteiger partial charge is 0.397 e. The highest BCUT2D eigenvalue weighted by molar-refractivity contribution is 6.05. The molecule has 2 aromatic rings. The molecule has 0 aliphatic heterocycles. The van der Waals surface area contributed by atoms with E-state index in [9.17, 15) is 4.79 Å². The summed E-state index contributed by atoms with van der Waals surface area (Å²) in [5, 5.41) is 11.4. The van der Waals surface area contributed by atoms with E-state index in [1.54, 1.807) is 36.4 Å². The molecule has 0 spiro atoms. The van der Waals surface area contributed by atoms with Crippen molar-refractivity contribution in [1.82, 2.24) is 0 Å². The zero-order chi connectivity index (χ0) is 13.0. The average molecular weight is 237 g/mol. The third-order valence-corrected chi connectivity index (χ3v) is 2.46. The summed E-state index contributed by atoms with van der Waals surface area (Å²) in [6, 6.07) is 15.6. The van der Waals surface area contributed by atoms with E-state index in [1.165, 1.54) is 6.07 Å². The number of carbonyl (C=O) groups excluding carboxylic acids is 1. The lowest BCUT2D eigenvalue weighted by Gasteiger charge is -2.08. The Hall–Kier alpha value is -2.80. The van der Waals surface area contributed by atoms with Crippen molar-refractivity contribution >= 4 is 17.3 Å². The summed E-state index contributed by atoms with van der Waals surface area (Å²) < 4.78 is 0. The normalized spacial score (nSPS) is 9.50. The Bertz CT molecular complexity index is 615. The van der Waals surface area contributed by atoms with Gasteiger partial charge in [-0.15, -0.1) is 0 Å². The molecule has 4 nitrogen and oxygen atoms in total. The number of anilines is 2. The molecule has 0 heterocycles. The van der Waals surface area contributed by atoms with E-state index >= 15 is 0 Å². The standard InChI is InChI=1S/C14H11N3O/c15-9-10-6-7-13(12(16)8-10)17-14(18)11-4-2-1-3-5-11/h1-8H,16H2,(H,17,18). The minimum Gasteiger partial charge on any atom is -0.397 e. The number of nitrogens with zero attached hydrogens (tertiary/aromatic N) is 1. The predicted octanol–water partition coefficient (Wildman–Crippen LogP) is 2.39. The molecule has 1 amide bonds. The summed E-state index contributed by atoms with van der Waals surface area (Å²) in [5.74, 6) is -0.230. The van der Waals surface area contributed by atoms with Crippen LogP contribution in [0.1, 0.15) is 15.9 Å². The third-order valence-electron chi connectivity index (χ3n) is 2.46. The number of nitrogens with one attached hydrogen (secondary N) is 1. The summed E-state index contributed by atoms with van der Waals surface area (Å²) in [5.41, 5.74) is 7.65. The molecule has 4 heteroatoms. The van der Waals surface area contributed by atoms with E-state index in [0.717, 1.165) is 0 Å². The lowest BCUT2D eigenvalue weighted by atomic mass is 10.1. The minimum atomic E-state index is -0.230. The first kappa shape index (κ1) is 11.7. The smallest absolute Gasteiger partial charge is 0.255 e. The predicted molar refractivity (Wildman–Crippen MR) is 70.0 cm³/mol. The molecular weight excluding hydrogens is 226 g/mol. The Kier molecular flexibility index (Phi) is 3.26. The minimum absolute atomic E-state index is 0.230. The molecule has 0 aliphatic carbocycles. The summed E-state index contributed by atoms with van der Waals surface area (Å²) in [7, 11) is 0. The van der Waals surface area contributed by atoms with Gasteiger partial charge in [0.2, 0.25) is 0 Å². The Balaban J connectivity index is 2.20. The highest BCUT2D eigenvalue weighted by Gasteiger charge is 2.07. The Morgan fingerprint density at radius 3 is 2.50 bits per heavy atom. The van der Waals surface area contributed by atoms with Crippen molar-refractivity contribution in [3.63, 3.8) is 0 Å². The molecule has 0 aliphatic rings. The number of nitrogens with two attached hydrogens (primary N) is 1. The van der Waals surface area contributed by atoms with E-state index in [1.807, 2.05) is 12.1 Å². The molecule has 0 unspecified atom stereocenters. The van der Waals surface area contributed by atoms with Crippen molar-refractivity contribution < 1.29 is 4.79 Å². The number of hydrogen-bond donors (Lipinski definition) is 2. The van der Waals surface area contributed by atoms with Crippen LogP contribution in [0.3, 0.4) is 0 Å². The van der Waals surface area contributed by atoms with Gasteiger partial charge in [0.25, 0.3) is 5.91 Å². The maximum atomic E-state index is 11.9. The number of carbonyl (C=O) groups is 1. The number of hydrogen-bond acceptors (Lipinski definition) is 3. The van der Waals surface area contributed by atoms with Gasteiger partial charge in [0.1, 0.15) is 0 Å². The van der Waals surface area contributed by atoms with Crippen LogP contribution in [-0.4, -0.2) is 5.91 Å². The lowest BCUT2D eigenvalue weighted by Crippen LogP contribution is -2.13. The number of nitriles is 1. The Morgan fingerprint density at radius 2 is 1.89 bits per heavy atom. The molecule has 3 N–H and O–H groups in total. The van der Waals surface area contributed by atoms with Gasteiger partial charge >= 0.3 is 0 Å². The zero-order valence-electron chi connectivity index (χ0n) is 9.55. The van der Waals surface area contributed by atoms with Crippen molar-refractivity contribution in [2.45, 2.75) is 0 Å². The highest BCUT2D eigenvalue weighted by Crippen LogP contribution is 2.20. The monoisotopic (exact) mass is 237 g/mol. The molecule has 2 rings (SSSR count).